The highest BCUT2D eigenvalue weighted by Crippen LogP contribution is 2.28. The van der Waals surface area contributed by atoms with Gasteiger partial charge in [-0.25, -0.2) is 0 Å². The predicted molar refractivity (Wildman–Crippen MR) is 109 cm³/mol. The molecule has 2 N–H and O–H groups in total. The van der Waals surface area contributed by atoms with Crippen LogP contribution in [0, 0.1) is 11.8 Å². The first-order valence-electron chi connectivity index (χ1n) is 9.43. The summed E-state index contributed by atoms with van der Waals surface area (Å²) in [6.45, 7) is 8.89. The molecule has 3 rings (SSSR count). The Morgan fingerprint density at radius 3 is 2.36 bits per heavy atom. The number of aromatic nitrogens is 2. The first-order valence-corrected chi connectivity index (χ1v) is 9.83. The number of hydrogen-bond donors (Lipinski definition) is 2. The average Bonchev–Trinajstić information content (AvgIpc) is 2.62. The van der Waals surface area contributed by atoms with E-state index in [4.69, 9.17) is 22.2 Å². The Morgan fingerprint density at radius 1 is 1.04 bits per heavy atom. The van der Waals surface area contributed by atoms with Crippen LogP contribution in [0.2, 0.25) is 0 Å². The van der Waals surface area contributed by atoms with Gasteiger partial charge >= 0.3 is 0 Å². The molecule has 2 aliphatic heterocycles. The van der Waals surface area contributed by atoms with Crippen LogP contribution < -0.4 is 20.4 Å². The van der Waals surface area contributed by atoms with Gasteiger partial charge in [-0.15, -0.1) is 0 Å². The number of rotatable bonds is 3. The van der Waals surface area contributed by atoms with Crippen LogP contribution in [0.3, 0.4) is 0 Å². The number of nitrogens with one attached hydrogen (secondary N) is 2. The molecule has 0 spiro atoms. The summed E-state index contributed by atoms with van der Waals surface area (Å²) < 4.78 is 0. The highest BCUT2D eigenvalue weighted by Gasteiger charge is 2.22. The minimum atomic E-state index is 0.544. The summed E-state index contributed by atoms with van der Waals surface area (Å²) in [4.78, 5) is 14.2. The van der Waals surface area contributed by atoms with Crippen molar-refractivity contribution < 1.29 is 0 Å². The molecule has 0 saturated carbocycles. The molecule has 6 nitrogen and oxygen atoms in total. The number of nitrogens with zero attached hydrogens (tertiary/aromatic N) is 4. The normalized spacial score (nSPS) is 22.0. The third-order valence-electron chi connectivity index (χ3n) is 5.24. The van der Waals surface area contributed by atoms with Gasteiger partial charge in [-0.2, -0.15) is 9.97 Å². The van der Waals surface area contributed by atoms with Crippen LogP contribution in [-0.2, 0) is 0 Å². The fourth-order valence-corrected chi connectivity index (χ4v) is 3.69. The standard InChI is InChI=1S/C18H30N6S/c1-13-6-9-23(10-7-13)15-11-16(24-8-4-5-14(2)12-24)21-17(20-15)22-18(25)19-3/h11,13-14H,4-10,12H2,1-3H3,(H2,19,20,21,22,25)/t14-/m0/s1. The van der Waals surface area contributed by atoms with Gasteiger partial charge in [-0.3, -0.25) is 0 Å². The lowest BCUT2D eigenvalue weighted by molar-refractivity contribution is 0.435. The third-order valence-corrected chi connectivity index (χ3v) is 5.55. The van der Waals surface area contributed by atoms with Crippen molar-refractivity contribution >= 4 is 34.9 Å². The van der Waals surface area contributed by atoms with Gasteiger partial charge < -0.3 is 20.4 Å². The highest BCUT2D eigenvalue weighted by molar-refractivity contribution is 7.80. The van der Waals surface area contributed by atoms with E-state index in [2.05, 4.69) is 40.3 Å². The van der Waals surface area contributed by atoms with Gasteiger partial charge in [0.05, 0.1) is 0 Å². The van der Waals surface area contributed by atoms with E-state index in [1.165, 1.54) is 25.7 Å². The lowest BCUT2D eigenvalue weighted by Gasteiger charge is -2.34. The van der Waals surface area contributed by atoms with Crippen molar-refractivity contribution in [2.45, 2.75) is 39.5 Å². The van der Waals surface area contributed by atoms with E-state index in [1.807, 2.05) is 0 Å². The van der Waals surface area contributed by atoms with Crippen molar-refractivity contribution in [1.29, 1.82) is 0 Å². The summed E-state index contributed by atoms with van der Waals surface area (Å²) >= 11 is 5.24. The molecule has 138 valence electrons. The Morgan fingerprint density at radius 2 is 1.72 bits per heavy atom. The Balaban J connectivity index is 1.86. The minimum Gasteiger partial charge on any atom is -0.365 e. The Bertz CT molecular complexity index is 599. The minimum absolute atomic E-state index is 0.544. The Hall–Kier alpha value is -1.63. The second-order valence-corrected chi connectivity index (χ2v) is 7.88. The average molecular weight is 363 g/mol. The Kier molecular flexibility index (Phi) is 5.93. The van der Waals surface area contributed by atoms with Gasteiger partial charge in [0.2, 0.25) is 5.95 Å². The smallest absolute Gasteiger partial charge is 0.232 e. The van der Waals surface area contributed by atoms with E-state index in [0.717, 1.165) is 43.7 Å². The second kappa shape index (κ2) is 8.17. The molecule has 0 aliphatic carbocycles. The molecule has 1 atom stereocenters. The monoisotopic (exact) mass is 362 g/mol. The van der Waals surface area contributed by atoms with E-state index in [9.17, 15) is 0 Å². The zero-order valence-electron chi connectivity index (χ0n) is 15.6. The fourth-order valence-electron chi connectivity index (χ4n) is 3.60. The molecule has 1 aromatic heterocycles. The van der Waals surface area contributed by atoms with Gasteiger partial charge in [0, 0.05) is 39.3 Å². The SMILES string of the molecule is CNC(=S)Nc1nc(N2CCC(C)CC2)cc(N2CCC[C@H](C)C2)n1. The summed E-state index contributed by atoms with van der Waals surface area (Å²) in [6.07, 6.45) is 4.96. The van der Waals surface area contributed by atoms with E-state index in [-0.39, 0.29) is 0 Å². The van der Waals surface area contributed by atoms with Gasteiger partial charge in [0.15, 0.2) is 5.11 Å². The van der Waals surface area contributed by atoms with Crippen LogP contribution in [0.1, 0.15) is 39.5 Å². The summed E-state index contributed by atoms with van der Waals surface area (Å²) in [7, 11) is 1.80. The van der Waals surface area contributed by atoms with Gasteiger partial charge in [0.25, 0.3) is 0 Å². The van der Waals surface area contributed by atoms with E-state index < -0.39 is 0 Å². The number of piperidine rings is 2. The van der Waals surface area contributed by atoms with Gasteiger partial charge in [-0.05, 0) is 49.7 Å². The van der Waals surface area contributed by atoms with Crippen LogP contribution in [0.4, 0.5) is 17.6 Å². The number of anilines is 3. The largest absolute Gasteiger partial charge is 0.365 e. The van der Waals surface area contributed by atoms with E-state index in [0.29, 0.717) is 17.0 Å². The van der Waals surface area contributed by atoms with Crippen molar-refractivity contribution in [3.05, 3.63) is 6.07 Å². The maximum Gasteiger partial charge on any atom is 0.232 e. The van der Waals surface area contributed by atoms with Crippen LogP contribution >= 0.6 is 12.2 Å². The predicted octanol–water partition coefficient (Wildman–Crippen LogP) is 2.87. The lowest BCUT2D eigenvalue weighted by Crippen LogP contribution is -2.37. The second-order valence-electron chi connectivity index (χ2n) is 7.48. The van der Waals surface area contributed by atoms with Crippen molar-refractivity contribution in [2.24, 2.45) is 11.8 Å². The molecule has 0 bridgehead atoms. The van der Waals surface area contributed by atoms with Gasteiger partial charge in [-0.1, -0.05) is 13.8 Å². The van der Waals surface area contributed by atoms with E-state index >= 15 is 0 Å². The van der Waals surface area contributed by atoms with Crippen LogP contribution in [0.15, 0.2) is 6.07 Å². The zero-order chi connectivity index (χ0) is 17.8. The Labute approximate surface area is 156 Å². The molecule has 0 radical (unpaired) electrons. The molecule has 2 saturated heterocycles. The molecular weight excluding hydrogens is 332 g/mol. The van der Waals surface area contributed by atoms with Crippen molar-refractivity contribution in [1.82, 2.24) is 15.3 Å². The topological polar surface area (TPSA) is 56.3 Å². The highest BCUT2D eigenvalue weighted by atomic mass is 32.1. The first-order chi connectivity index (χ1) is 12.0. The summed E-state index contributed by atoms with van der Waals surface area (Å²) in [5.74, 6) is 4.12. The van der Waals surface area contributed by atoms with E-state index in [1.54, 1.807) is 7.05 Å². The molecule has 1 aromatic rings. The fraction of sp³-hybridized carbons (Fsp3) is 0.722. The summed E-state index contributed by atoms with van der Waals surface area (Å²) in [5, 5.41) is 6.60. The molecular formula is C18H30N6S. The molecule has 3 heterocycles. The van der Waals surface area contributed by atoms with Crippen molar-refractivity contribution in [2.75, 3.05) is 48.3 Å². The van der Waals surface area contributed by atoms with Gasteiger partial charge in [0.1, 0.15) is 11.6 Å². The zero-order valence-corrected chi connectivity index (χ0v) is 16.4. The number of hydrogen-bond acceptors (Lipinski definition) is 5. The molecule has 7 heteroatoms. The summed E-state index contributed by atoms with van der Waals surface area (Å²) in [5.41, 5.74) is 0. The van der Waals surface area contributed by atoms with Crippen molar-refractivity contribution in [3.8, 4) is 0 Å². The van der Waals surface area contributed by atoms with Crippen LogP contribution in [0.25, 0.3) is 0 Å². The molecule has 2 fully saturated rings. The van der Waals surface area contributed by atoms with Crippen LogP contribution in [0.5, 0.6) is 0 Å². The maximum absolute atomic E-state index is 5.24. The molecule has 0 aromatic carbocycles. The third kappa shape index (κ3) is 4.71. The lowest BCUT2D eigenvalue weighted by atomic mass is 9.99. The van der Waals surface area contributed by atoms with Crippen LogP contribution in [-0.4, -0.2) is 48.3 Å². The molecule has 2 aliphatic rings. The molecule has 0 amide bonds. The quantitative estimate of drug-likeness (QED) is 0.802. The summed E-state index contributed by atoms with van der Waals surface area (Å²) in [6, 6.07) is 2.15. The first kappa shape index (κ1) is 18.2. The molecule has 0 unspecified atom stereocenters. The van der Waals surface area contributed by atoms with Crippen molar-refractivity contribution in [3.63, 3.8) is 0 Å². The maximum atomic E-state index is 5.24. The number of thiocarbonyl (C=S) groups is 1. The molecule has 25 heavy (non-hydrogen) atoms.